The lowest BCUT2D eigenvalue weighted by molar-refractivity contribution is 0.0952. The van der Waals surface area contributed by atoms with Gasteiger partial charge in [-0.2, -0.15) is 5.10 Å². The van der Waals surface area contributed by atoms with Gasteiger partial charge in [-0.15, -0.1) is 0 Å². The molecule has 6 heteroatoms. The summed E-state index contributed by atoms with van der Waals surface area (Å²) in [7, 11) is 3.67. The normalized spacial score (nSPS) is 18.4. The molecule has 0 aliphatic carbocycles. The summed E-state index contributed by atoms with van der Waals surface area (Å²) in [5.41, 5.74) is 3.20. The van der Waals surface area contributed by atoms with Crippen LogP contribution in [-0.2, 0) is 20.1 Å². The van der Waals surface area contributed by atoms with Gasteiger partial charge in [-0.05, 0) is 37.4 Å². The molecule has 3 rings (SSSR count). The fourth-order valence-electron chi connectivity index (χ4n) is 3.93. The van der Waals surface area contributed by atoms with Crippen molar-refractivity contribution in [3.05, 3.63) is 41.5 Å². The van der Waals surface area contributed by atoms with Gasteiger partial charge in [0.05, 0.1) is 12.2 Å². The van der Waals surface area contributed by atoms with Crippen LogP contribution in [0.25, 0.3) is 0 Å². The van der Waals surface area contributed by atoms with Crippen LogP contribution in [0.2, 0.25) is 0 Å². The van der Waals surface area contributed by atoms with E-state index in [9.17, 15) is 4.79 Å². The Morgan fingerprint density at radius 1 is 1.35 bits per heavy atom. The Hall–Kier alpha value is -2.08. The van der Waals surface area contributed by atoms with E-state index in [-0.39, 0.29) is 5.91 Å². The van der Waals surface area contributed by atoms with E-state index < -0.39 is 0 Å². The van der Waals surface area contributed by atoms with Crippen LogP contribution in [0.1, 0.15) is 60.9 Å². The van der Waals surface area contributed by atoms with Crippen molar-refractivity contribution in [1.29, 1.82) is 0 Å². The number of amides is 1. The first-order valence-corrected chi connectivity index (χ1v) is 9.62. The fraction of sp³-hybridized carbons (Fsp3) is 0.600. The van der Waals surface area contributed by atoms with Crippen LogP contribution >= 0.6 is 0 Å². The van der Waals surface area contributed by atoms with Gasteiger partial charge in [-0.3, -0.25) is 14.4 Å². The van der Waals surface area contributed by atoms with Gasteiger partial charge < -0.3 is 9.88 Å². The van der Waals surface area contributed by atoms with Crippen LogP contribution in [0, 0.1) is 5.92 Å². The molecule has 0 bridgehead atoms. The molecule has 0 aromatic carbocycles. The minimum absolute atomic E-state index is 0.0314. The summed E-state index contributed by atoms with van der Waals surface area (Å²) >= 11 is 0. The van der Waals surface area contributed by atoms with Crippen molar-refractivity contribution in [2.75, 3.05) is 13.6 Å². The van der Waals surface area contributed by atoms with Gasteiger partial charge in [-0.25, -0.2) is 0 Å². The second kappa shape index (κ2) is 8.08. The molecule has 6 nitrogen and oxygen atoms in total. The van der Waals surface area contributed by atoms with E-state index in [4.69, 9.17) is 0 Å². The fourth-order valence-corrected chi connectivity index (χ4v) is 3.93. The number of hydrogen-bond donors (Lipinski definition) is 1. The van der Waals surface area contributed by atoms with Gasteiger partial charge in [0.25, 0.3) is 5.91 Å². The number of aromatic nitrogens is 3. The molecule has 2 aromatic heterocycles. The van der Waals surface area contributed by atoms with Gasteiger partial charge in [0, 0.05) is 44.6 Å². The Morgan fingerprint density at radius 3 is 2.88 bits per heavy atom. The number of nitrogens with one attached hydrogen (secondary N) is 1. The molecule has 1 N–H and O–H groups in total. The zero-order valence-electron chi connectivity index (χ0n) is 16.4. The van der Waals surface area contributed by atoms with Crippen LogP contribution in [-0.4, -0.2) is 38.7 Å². The van der Waals surface area contributed by atoms with Crippen molar-refractivity contribution in [2.24, 2.45) is 13.0 Å². The second-order valence-corrected chi connectivity index (χ2v) is 7.73. The Bertz CT molecular complexity index is 745. The number of piperidine rings is 1. The first kappa shape index (κ1) is 18.7. The molecule has 1 unspecified atom stereocenters. The molecule has 1 fully saturated rings. The van der Waals surface area contributed by atoms with Crippen LogP contribution in [0.3, 0.4) is 0 Å². The summed E-state index contributed by atoms with van der Waals surface area (Å²) in [5, 5.41) is 7.23. The Labute approximate surface area is 156 Å². The van der Waals surface area contributed by atoms with Crippen LogP contribution in [0.4, 0.5) is 0 Å². The lowest BCUT2D eigenvalue weighted by atomic mass is 9.99. The van der Waals surface area contributed by atoms with Crippen LogP contribution in [0.5, 0.6) is 0 Å². The summed E-state index contributed by atoms with van der Waals surface area (Å²) in [6.45, 7) is 7.36. The van der Waals surface area contributed by atoms with Crippen molar-refractivity contribution in [3.63, 3.8) is 0 Å². The predicted molar refractivity (Wildman–Crippen MR) is 103 cm³/mol. The van der Waals surface area contributed by atoms with Crippen LogP contribution in [0.15, 0.2) is 24.5 Å². The van der Waals surface area contributed by atoms with Crippen LogP contribution < -0.4 is 5.32 Å². The van der Waals surface area contributed by atoms with Crippen molar-refractivity contribution in [1.82, 2.24) is 24.6 Å². The summed E-state index contributed by atoms with van der Waals surface area (Å²) in [6.07, 6.45) is 7.75. The zero-order chi connectivity index (χ0) is 18.7. The SMILES string of the molecule is CNC(=O)c1ccc(C2CCCCN2Cc2cnn(CC(C)C)c2)n1C. The van der Waals surface area contributed by atoms with E-state index in [1.54, 1.807) is 7.05 Å². The largest absolute Gasteiger partial charge is 0.354 e. The van der Waals surface area contributed by atoms with Crippen molar-refractivity contribution in [3.8, 4) is 0 Å². The maximum absolute atomic E-state index is 12.0. The third-order valence-corrected chi connectivity index (χ3v) is 5.20. The van der Waals surface area contributed by atoms with Gasteiger partial charge >= 0.3 is 0 Å². The topological polar surface area (TPSA) is 55.1 Å². The first-order chi connectivity index (χ1) is 12.5. The predicted octanol–water partition coefficient (Wildman–Crippen LogP) is 2.96. The molecule has 0 saturated carbocycles. The van der Waals surface area contributed by atoms with E-state index >= 15 is 0 Å². The van der Waals surface area contributed by atoms with E-state index in [1.807, 2.05) is 28.6 Å². The van der Waals surface area contributed by atoms with Gasteiger partial charge in [-0.1, -0.05) is 20.3 Å². The average molecular weight is 358 g/mol. The Kier molecular flexibility index (Phi) is 5.81. The molecule has 142 valence electrons. The first-order valence-electron chi connectivity index (χ1n) is 9.62. The number of hydrogen-bond acceptors (Lipinski definition) is 3. The molecule has 3 heterocycles. The third-order valence-electron chi connectivity index (χ3n) is 5.20. The van der Waals surface area contributed by atoms with Crippen molar-refractivity contribution in [2.45, 2.75) is 52.2 Å². The van der Waals surface area contributed by atoms with E-state index in [0.29, 0.717) is 12.0 Å². The maximum Gasteiger partial charge on any atom is 0.267 e. The minimum Gasteiger partial charge on any atom is -0.354 e. The maximum atomic E-state index is 12.0. The highest BCUT2D eigenvalue weighted by Gasteiger charge is 2.27. The number of rotatable bonds is 6. The smallest absolute Gasteiger partial charge is 0.267 e. The number of carbonyl (C=O) groups excluding carboxylic acids is 1. The summed E-state index contributed by atoms with van der Waals surface area (Å²) in [5.74, 6) is 0.563. The lowest BCUT2D eigenvalue weighted by Crippen LogP contribution is -2.34. The molecule has 26 heavy (non-hydrogen) atoms. The second-order valence-electron chi connectivity index (χ2n) is 7.73. The molecule has 1 aliphatic rings. The van der Waals surface area contributed by atoms with E-state index in [1.165, 1.54) is 24.1 Å². The highest BCUT2D eigenvalue weighted by Crippen LogP contribution is 2.32. The third kappa shape index (κ3) is 4.01. The number of nitrogens with zero attached hydrogens (tertiary/aromatic N) is 4. The monoisotopic (exact) mass is 357 g/mol. The Balaban J connectivity index is 1.77. The molecular weight excluding hydrogens is 326 g/mol. The summed E-state index contributed by atoms with van der Waals surface area (Å²) in [4.78, 5) is 14.6. The van der Waals surface area contributed by atoms with Gasteiger partial charge in [0.1, 0.15) is 5.69 Å². The molecule has 1 saturated heterocycles. The van der Waals surface area contributed by atoms with Crippen molar-refractivity contribution >= 4 is 5.91 Å². The summed E-state index contributed by atoms with van der Waals surface area (Å²) in [6, 6.07) is 4.39. The van der Waals surface area contributed by atoms with Gasteiger partial charge in [0.2, 0.25) is 0 Å². The number of likely N-dealkylation sites (tertiary alicyclic amines) is 1. The average Bonchev–Trinajstić information content (AvgIpc) is 3.21. The highest BCUT2D eigenvalue weighted by molar-refractivity contribution is 5.92. The standard InChI is InChI=1S/C20H31N5O/c1-15(2)12-25-14-16(11-22-25)13-24-10-6-5-7-18(24)17-8-9-19(23(17)4)20(26)21-3/h8-9,11,14-15,18H,5-7,10,12-13H2,1-4H3,(H,21,26). The quantitative estimate of drug-likeness (QED) is 0.865. The summed E-state index contributed by atoms with van der Waals surface area (Å²) < 4.78 is 4.09. The molecule has 0 radical (unpaired) electrons. The molecule has 1 atom stereocenters. The molecule has 0 spiro atoms. The zero-order valence-corrected chi connectivity index (χ0v) is 16.4. The van der Waals surface area contributed by atoms with E-state index in [2.05, 4.69) is 41.4 Å². The molecule has 1 aliphatic heterocycles. The molecular formula is C20H31N5O. The van der Waals surface area contributed by atoms with Crippen molar-refractivity contribution < 1.29 is 4.79 Å². The number of carbonyl (C=O) groups is 1. The highest BCUT2D eigenvalue weighted by atomic mass is 16.1. The Morgan fingerprint density at radius 2 is 2.15 bits per heavy atom. The molecule has 2 aromatic rings. The minimum atomic E-state index is -0.0314. The van der Waals surface area contributed by atoms with Gasteiger partial charge in [0.15, 0.2) is 0 Å². The van der Waals surface area contributed by atoms with E-state index in [0.717, 1.165) is 31.7 Å². The lowest BCUT2D eigenvalue weighted by Gasteiger charge is -2.36. The molecule has 1 amide bonds.